The molecular weight excluding hydrogens is 567 g/mol. The van der Waals surface area contributed by atoms with Gasteiger partial charge in [-0.25, -0.2) is 0 Å². The summed E-state index contributed by atoms with van der Waals surface area (Å²) in [4.78, 5) is 4.76. The van der Waals surface area contributed by atoms with E-state index in [4.69, 9.17) is 15.2 Å². The fourth-order valence-corrected chi connectivity index (χ4v) is 5.02. The van der Waals surface area contributed by atoms with Crippen LogP contribution in [0.25, 0.3) is 22.0 Å². The molecule has 0 aliphatic heterocycles. The number of rotatable bonds is 3. The Morgan fingerprint density at radius 1 is 1.07 bits per heavy atom. The summed E-state index contributed by atoms with van der Waals surface area (Å²) in [7, 11) is -1.30. The molecule has 3 aromatic rings. The van der Waals surface area contributed by atoms with Crippen LogP contribution in [-0.2, 0) is 32.9 Å². The number of aryl methyl sites for hydroxylation is 2. The Bertz CT molecular complexity index is 990. The summed E-state index contributed by atoms with van der Waals surface area (Å²) in [5.41, 5.74) is 5.13. The van der Waals surface area contributed by atoms with Crippen molar-refractivity contribution >= 4 is 24.0 Å². The molecule has 5 heteroatoms. The van der Waals surface area contributed by atoms with E-state index in [1.165, 1.54) is 32.6 Å². The van der Waals surface area contributed by atoms with Gasteiger partial charge in [0.25, 0.3) is 0 Å². The Hall–Kier alpha value is -1.36. The number of benzene rings is 2. The third kappa shape index (κ3) is 5.86. The Balaban J connectivity index is 0.000000350. The minimum atomic E-state index is -1.30. The van der Waals surface area contributed by atoms with Crippen molar-refractivity contribution in [1.29, 1.82) is 0 Å². The summed E-state index contributed by atoms with van der Waals surface area (Å²) in [5, 5.41) is 21.3. The number of pyridine rings is 1. The zero-order chi connectivity index (χ0) is 21.2. The van der Waals surface area contributed by atoms with E-state index in [1.807, 2.05) is 12.3 Å². The topological polar surface area (TPSA) is 53.4 Å². The molecular formula is C25H32IrNO2Si-. The molecule has 1 radical (unpaired) electrons. The van der Waals surface area contributed by atoms with Crippen molar-refractivity contribution in [3.8, 4) is 11.3 Å². The molecule has 0 saturated heterocycles. The van der Waals surface area contributed by atoms with Gasteiger partial charge in [0.1, 0.15) is 0 Å². The normalized spacial score (nSPS) is 14.5. The van der Waals surface area contributed by atoms with Crippen LogP contribution in [-0.4, -0.2) is 35.5 Å². The Labute approximate surface area is 194 Å². The van der Waals surface area contributed by atoms with E-state index >= 15 is 0 Å². The maximum atomic E-state index is 8.56. The molecule has 0 spiro atoms. The van der Waals surface area contributed by atoms with Crippen LogP contribution in [0.3, 0.4) is 0 Å². The molecule has 0 bridgehead atoms. The molecule has 3 nitrogen and oxygen atoms in total. The van der Waals surface area contributed by atoms with Gasteiger partial charge < -0.3 is 15.2 Å². The first-order valence-corrected chi connectivity index (χ1v) is 13.9. The third-order valence-corrected chi connectivity index (χ3v) is 7.41. The first-order chi connectivity index (χ1) is 13.7. The Morgan fingerprint density at radius 3 is 2.37 bits per heavy atom. The second-order valence-corrected chi connectivity index (χ2v) is 14.2. The molecule has 2 unspecified atom stereocenters. The van der Waals surface area contributed by atoms with E-state index in [9.17, 15) is 0 Å². The van der Waals surface area contributed by atoms with Crippen LogP contribution in [0.2, 0.25) is 19.6 Å². The van der Waals surface area contributed by atoms with Gasteiger partial charge in [0.15, 0.2) is 0 Å². The van der Waals surface area contributed by atoms with E-state index in [0.29, 0.717) is 6.42 Å². The van der Waals surface area contributed by atoms with Crippen molar-refractivity contribution in [2.24, 2.45) is 0 Å². The van der Waals surface area contributed by atoms with E-state index < -0.39 is 8.07 Å². The number of aliphatic hydroxyl groups excluding tert-OH is 2. The van der Waals surface area contributed by atoms with Gasteiger partial charge in [-0.1, -0.05) is 55.0 Å². The number of aromatic nitrogens is 1. The van der Waals surface area contributed by atoms with Crippen LogP contribution >= 0.6 is 0 Å². The minimum Gasteiger partial charge on any atom is -0.393 e. The van der Waals surface area contributed by atoms with Gasteiger partial charge in [-0.05, 0) is 43.2 Å². The molecule has 1 heterocycles. The van der Waals surface area contributed by atoms with Gasteiger partial charge in [0, 0.05) is 26.3 Å². The van der Waals surface area contributed by atoms with Crippen molar-refractivity contribution in [1.82, 2.24) is 4.98 Å². The predicted molar refractivity (Wildman–Crippen MR) is 124 cm³/mol. The number of hydrogen-bond acceptors (Lipinski definition) is 3. The average Bonchev–Trinajstić information content (AvgIpc) is 2.65. The van der Waals surface area contributed by atoms with Gasteiger partial charge in [0.05, 0.1) is 20.3 Å². The average molecular weight is 599 g/mol. The molecule has 1 aliphatic rings. The Kier molecular flexibility index (Phi) is 8.55. The van der Waals surface area contributed by atoms with Gasteiger partial charge in [0.2, 0.25) is 0 Å². The van der Waals surface area contributed by atoms with Crippen molar-refractivity contribution in [2.45, 2.75) is 65.0 Å². The SMILES string of the molecule is CC(O)CC(C)O.C[Si](C)(C)c1ccc2cnc3c(c2c1)CCc1ccc[c-]c1-3.[Ir]. The van der Waals surface area contributed by atoms with Crippen molar-refractivity contribution in [3.05, 3.63) is 59.8 Å². The molecule has 2 atom stereocenters. The minimum absolute atomic E-state index is 0. The molecule has 2 aromatic carbocycles. The van der Waals surface area contributed by atoms with Gasteiger partial charge in [-0.15, -0.1) is 35.4 Å². The molecule has 0 saturated carbocycles. The zero-order valence-corrected chi connectivity index (χ0v) is 21.9. The molecule has 0 amide bonds. The van der Waals surface area contributed by atoms with Crippen LogP contribution < -0.4 is 5.19 Å². The van der Waals surface area contributed by atoms with Crippen LogP contribution in [0.4, 0.5) is 0 Å². The number of fused-ring (bicyclic) bond motifs is 5. The third-order valence-electron chi connectivity index (χ3n) is 5.37. The predicted octanol–water partition coefficient (Wildman–Crippen LogP) is 4.48. The van der Waals surface area contributed by atoms with Crippen molar-refractivity contribution < 1.29 is 30.3 Å². The fraction of sp³-hybridized carbons (Fsp3) is 0.400. The fourth-order valence-electron chi connectivity index (χ4n) is 3.86. The van der Waals surface area contributed by atoms with Gasteiger partial charge >= 0.3 is 0 Å². The maximum Gasteiger partial charge on any atom is 0.0776 e. The first kappa shape index (κ1) is 24.9. The number of nitrogens with zero attached hydrogens (tertiary/aromatic N) is 1. The molecule has 163 valence electrons. The molecule has 0 fully saturated rings. The largest absolute Gasteiger partial charge is 0.393 e. The quantitative estimate of drug-likeness (QED) is 0.346. The smallest absolute Gasteiger partial charge is 0.0776 e. The first-order valence-electron chi connectivity index (χ1n) is 10.4. The van der Waals surface area contributed by atoms with E-state index in [-0.39, 0.29) is 32.3 Å². The van der Waals surface area contributed by atoms with Crippen LogP contribution in [0.15, 0.2) is 42.6 Å². The van der Waals surface area contributed by atoms with E-state index in [0.717, 1.165) is 18.5 Å². The van der Waals surface area contributed by atoms with E-state index in [1.54, 1.807) is 13.8 Å². The summed E-state index contributed by atoms with van der Waals surface area (Å²) in [6.07, 6.45) is 3.93. The van der Waals surface area contributed by atoms with Crippen LogP contribution in [0, 0.1) is 6.07 Å². The monoisotopic (exact) mass is 599 g/mol. The van der Waals surface area contributed by atoms with Crippen LogP contribution in [0.1, 0.15) is 31.4 Å². The number of aliphatic hydroxyl groups is 2. The summed E-state index contributed by atoms with van der Waals surface area (Å²) in [5.74, 6) is 0. The van der Waals surface area contributed by atoms with Crippen molar-refractivity contribution in [2.75, 3.05) is 0 Å². The molecule has 4 rings (SSSR count). The second-order valence-electron chi connectivity index (χ2n) is 9.14. The maximum absolute atomic E-state index is 8.56. The van der Waals surface area contributed by atoms with Gasteiger partial charge in [-0.2, -0.15) is 0 Å². The number of hydrogen-bond donors (Lipinski definition) is 2. The molecule has 1 aromatic heterocycles. The molecule has 30 heavy (non-hydrogen) atoms. The zero-order valence-electron chi connectivity index (χ0n) is 18.5. The summed E-state index contributed by atoms with van der Waals surface area (Å²) in [6.45, 7) is 10.5. The molecule has 1 aliphatic carbocycles. The molecule has 2 N–H and O–H groups in total. The summed E-state index contributed by atoms with van der Waals surface area (Å²) in [6, 6.07) is 16.7. The standard InChI is InChI=1S/C20H20NSi.C5H12O2.Ir/c1-22(2,3)16-10-8-15-13-21-20-17-7-5-4-6-14(17)9-11-18(20)19(15)12-16;1-4(6)3-5(2)7;/h4-6,8,10,12-13H,9,11H2,1-3H3;4-7H,3H2,1-2H3;/q-1;;. The van der Waals surface area contributed by atoms with Gasteiger partial charge in [-0.3, -0.25) is 0 Å². The summed E-state index contributed by atoms with van der Waals surface area (Å²) >= 11 is 0. The summed E-state index contributed by atoms with van der Waals surface area (Å²) < 4.78 is 0. The van der Waals surface area contributed by atoms with Crippen molar-refractivity contribution in [3.63, 3.8) is 0 Å². The van der Waals surface area contributed by atoms with E-state index in [2.05, 4.69) is 56.0 Å². The Morgan fingerprint density at radius 2 is 1.77 bits per heavy atom. The van der Waals surface area contributed by atoms with Crippen LogP contribution in [0.5, 0.6) is 0 Å². The second kappa shape index (κ2) is 10.3.